The average molecular weight is 502 g/mol. The van der Waals surface area contributed by atoms with Crippen molar-refractivity contribution in [3.63, 3.8) is 0 Å². The van der Waals surface area contributed by atoms with Crippen LogP contribution < -0.4 is 29.5 Å². The van der Waals surface area contributed by atoms with Crippen molar-refractivity contribution >= 4 is 34.6 Å². The molecule has 9 heteroatoms. The van der Waals surface area contributed by atoms with Gasteiger partial charge in [0.1, 0.15) is 16.5 Å². The molecule has 180 valence electrons. The maximum absolute atomic E-state index is 13.5. The van der Waals surface area contributed by atoms with Crippen molar-refractivity contribution in [1.82, 2.24) is 4.57 Å². The number of hydrogen-bond donors (Lipinski definition) is 1. The second-order valence-corrected chi connectivity index (χ2v) is 8.48. The number of nitriles is 1. The van der Waals surface area contributed by atoms with Crippen LogP contribution in [0.4, 0.5) is 10.1 Å². The topological polar surface area (TPSA) is 93.4 Å². The molecule has 0 saturated heterocycles. The Morgan fingerprint density at radius 1 is 1.03 bits per heavy atom. The number of hydrogen-bond acceptors (Lipinski definition) is 6. The van der Waals surface area contributed by atoms with Crippen LogP contribution in [0, 0.1) is 17.1 Å². The minimum Gasteiger partial charge on any atom is -0.493 e. The predicted octanol–water partition coefficient (Wildman–Crippen LogP) is 3.20. The lowest BCUT2D eigenvalue weighted by molar-refractivity contribution is -0.111. The van der Waals surface area contributed by atoms with Crippen molar-refractivity contribution in [3.05, 3.63) is 104 Å². The van der Waals surface area contributed by atoms with Crippen molar-refractivity contribution in [1.29, 1.82) is 5.26 Å². The molecule has 0 unspecified atom stereocenters. The van der Waals surface area contributed by atoms with Crippen LogP contribution in [0.1, 0.15) is 5.56 Å². The van der Waals surface area contributed by atoms with Gasteiger partial charge in [-0.05, 0) is 60.2 Å². The Kier molecular flexibility index (Phi) is 7.28. The number of amides is 1. The van der Waals surface area contributed by atoms with E-state index >= 15 is 0 Å². The Morgan fingerprint density at radius 2 is 1.72 bits per heavy atom. The van der Waals surface area contributed by atoms with Crippen LogP contribution >= 0.6 is 11.3 Å². The van der Waals surface area contributed by atoms with E-state index in [2.05, 4.69) is 5.32 Å². The maximum atomic E-state index is 13.5. The first-order valence-electron chi connectivity index (χ1n) is 10.7. The summed E-state index contributed by atoms with van der Waals surface area (Å²) in [6.07, 6.45) is 1.66. The fraction of sp³-hybridized carbons (Fsp3) is 0.0741. The number of benzene rings is 3. The van der Waals surface area contributed by atoms with Crippen LogP contribution in [-0.4, -0.2) is 24.7 Å². The molecule has 0 bridgehead atoms. The second kappa shape index (κ2) is 10.7. The summed E-state index contributed by atoms with van der Waals surface area (Å²) in [6, 6.07) is 21.0. The summed E-state index contributed by atoms with van der Waals surface area (Å²) < 4.78 is 25.7. The van der Waals surface area contributed by atoms with Crippen LogP contribution in [0.3, 0.4) is 0 Å². The highest BCUT2D eigenvalue weighted by Gasteiger charge is 2.17. The largest absolute Gasteiger partial charge is 0.493 e. The molecule has 0 aliphatic carbocycles. The van der Waals surface area contributed by atoms with E-state index in [1.807, 2.05) is 6.07 Å². The number of nitrogens with zero attached hydrogens (tertiary/aromatic N) is 2. The summed E-state index contributed by atoms with van der Waals surface area (Å²) >= 11 is 1.02. The Bertz CT molecular complexity index is 1640. The van der Waals surface area contributed by atoms with E-state index in [9.17, 15) is 19.2 Å². The van der Waals surface area contributed by atoms with Crippen LogP contribution in [-0.2, 0) is 4.79 Å². The molecular formula is C27H20FN3O4S. The molecule has 0 spiro atoms. The zero-order valence-electron chi connectivity index (χ0n) is 19.3. The van der Waals surface area contributed by atoms with Gasteiger partial charge in [0, 0.05) is 5.69 Å². The Balaban J connectivity index is 1.93. The molecule has 1 aromatic heterocycles. The van der Waals surface area contributed by atoms with Crippen LogP contribution in [0.25, 0.3) is 17.3 Å². The third-order valence-electron chi connectivity index (χ3n) is 5.20. The normalized spacial score (nSPS) is 12.0. The van der Waals surface area contributed by atoms with Gasteiger partial charge in [0.25, 0.3) is 11.5 Å². The Morgan fingerprint density at radius 3 is 2.36 bits per heavy atom. The molecule has 0 fully saturated rings. The zero-order chi connectivity index (χ0) is 25.7. The lowest BCUT2D eigenvalue weighted by atomic mass is 10.2. The third-order valence-corrected chi connectivity index (χ3v) is 6.29. The van der Waals surface area contributed by atoms with Gasteiger partial charge in [0.2, 0.25) is 0 Å². The number of rotatable bonds is 6. The quantitative estimate of drug-likeness (QED) is 0.438. The number of thiazole rings is 1. The van der Waals surface area contributed by atoms with E-state index < -0.39 is 17.3 Å². The second-order valence-electron chi connectivity index (χ2n) is 7.45. The lowest BCUT2D eigenvalue weighted by Gasteiger charge is -2.07. The highest BCUT2D eigenvalue weighted by atomic mass is 32.1. The van der Waals surface area contributed by atoms with Crippen molar-refractivity contribution in [2.45, 2.75) is 0 Å². The van der Waals surface area contributed by atoms with E-state index in [1.165, 1.54) is 43.1 Å². The highest BCUT2D eigenvalue weighted by molar-refractivity contribution is 7.07. The van der Waals surface area contributed by atoms with E-state index in [4.69, 9.17) is 9.47 Å². The monoisotopic (exact) mass is 501 g/mol. The molecule has 0 atom stereocenters. The fourth-order valence-corrected chi connectivity index (χ4v) is 4.58. The summed E-state index contributed by atoms with van der Waals surface area (Å²) in [5, 5.41) is 12.5. The molecule has 4 rings (SSSR count). The van der Waals surface area contributed by atoms with Gasteiger partial charge >= 0.3 is 0 Å². The fourth-order valence-electron chi connectivity index (χ4n) is 3.48. The van der Waals surface area contributed by atoms with E-state index in [-0.39, 0.29) is 10.2 Å². The van der Waals surface area contributed by atoms with Gasteiger partial charge in [-0.1, -0.05) is 24.3 Å². The number of nitrogens with one attached hydrogen (secondary N) is 1. The number of anilines is 1. The number of methoxy groups -OCH3 is 2. The minimum absolute atomic E-state index is 0.167. The van der Waals surface area contributed by atoms with Gasteiger partial charge in [-0.3, -0.25) is 14.2 Å². The molecule has 7 nitrogen and oxygen atoms in total. The highest BCUT2D eigenvalue weighted by Crippen LogP contribution is 2.27. The Labute approximate surface area is 209 Å². The molecule has 1 amide bonds. The average Bonchev–Trinajstić information content (AvgIpc) is 3.21. The first-order chi connectivity index (χ1) is 17.4. The number of para-hydroxylation sites is 1. The Hall–Kier alpha value is -4.68. The zero-order valence-corrected chi connectivity index (χ0v) is 20.1. The van der Waals surface area contributed by atoms with Crippen LogP contribution in [0.15, 0.2) is 77.6 Å². The summed E-state index contributed by atoms with van der Waals surface area (Å²) in [6.45, 7) is 0. The first kappa shape index (κ1) is 24.4. The van der Waals surface area contributed by atoms with E-state index in [1.54, 1.807) is 54.6 Å². The molecule has 0 aliphatic rings. The molecule has 1 heterocycles. The van der Waals surface area contributed by atoms with Crippen molar-refractivity contribution in [3.8, 4) is 23.3 Å². The first-order valence-corrected chi connectivity index (χ1v) is 11.5. The number of halogens is 1. The lowest BCUT2D eigenvalue weighted by Crippen LogP contribution is -2.32. The van der Waals surface area contributed by atoms with E-state index in [0.29, 0.717) is 33.0 Å². The van der Waals surface area contributed by atoms with Crippen molar-refractivity contribution in [2.24, 2.45) is 0 Å². The van der Waals surface area contributed by atoms with Crippen LogP contribution in [0.5, 0.6) is 11.5 Å². The number of aromatic nitrogens is 1. The molecule has 0 saturated carbocycles. The molecule has 0 radical (unpaired) electrons. The summed E-state index contributed by atoms with van der Waals surface area (Å²) in [5.41, 5.74) is 0.849. The molecule has 4 aromatic rings. The smallest absolute Gasteiger partial charge is 0.273 e. The van der Waals surface area contributed by atoms with Crippen LogP contribution in [0.2, 0.25) is 0 Å². The van der Waals surface area contributed by atoms with Gasteiger partial charge in [-0.15, -0.1) is 11.3 Å². The molecule has 36 heavy (non-hydrogen) atoms. The summed E-state index contributed by atoms with van der Waals surface area (Å²) in [4.78, 5) is 26.5. The maximum Gasteiger partial charge on any atom is 0.273 e. The SMILES string of the molecule is COc1ccc(C=c2sc(=C(C#N)C(=O)Nc3ccc(F)cc3)n(-c3ccccc3)c2=O)cc1OC. The number of ether oxygens (including phenoxy) is 2. The minimum atomic E-state index is -0.715. The molecule has 0 aliphatic heterocycles. The summed E-state index contributed by atoms with van der Waals surface area (Å²) in [5.74, 6) is -0.133. The van der Waals surface area contributed by atoms with Gasteiger partial charge in [0.15, 0.2) is 17.1 Å². The van der Waals surface area contributed by atoms with Crippen molar-refractivity contribution in [2.75, 3.05) is 19.5 Å². The van der Waals surface area contributed by atoms with Gasteiger partial charge < -0.3 is 14.8 Å². The van der Waals surface area contributed by atoms with Gasteiger partial charge in [-0.25, -0.2) is 4.39 Å². The third kappa shape index (κ3) is 5.04. The standard InChI is InChI=1S/C27H20FN3O4S/c1-34-22-13-8-17(14-23(22)35-2)15-24-26(33)31(20-6-4-3-5-7-20)27(36-24)21(16-29)25(32)30-19-11-9-18(28)10-12-19/h3-15H,1-2H3,(H,30,32). The predicted molar refractivity (Wildman–Crippen MR) is 136 cm³/mol. The van der Waals surface area contributed by atoms with E-state index in [0.717, 1.165) is 11.3 Å². The van der Waals surface area contributed by atoms with Gasteiger partial charge in [0.05, 0.1) is 24.4 Å². The number of carbonyl (C=O) groups is 1. The van der Waals surface area contributed by atoms with Crippen molar-refractivity contribution < 1.29 is 18.7 Å². The molecule has 3 aromatic carbocycles. The van der Waals surface area contributed by atoms with Gasteiger partial charge in [-0.2, -0.15) is 5.26 Å². The number of carbonyl (C=O) groups excluding carboxylic acids is 1. The molecular weight excluding hydrogens is 481 g/mol. The summed E-state index contributed by atoms with van der Waals surface area (Å²) in [7, 11) is 3.04. The molecule has 1 N–H and O–H groups in total.